The summed E-state index contributed by atoms with van der Waals surface area (Å²) < 4.78 is 5.68. The lowest BCUT2D eigenvalue weighted by Gasteiger charge is -2.38. The van der Waals surface area contributed by atoms with Crippen LogP contribution in [0.5, 0.6) is 0 Å². The third-order valence-electron chi connectivity index (χ3n) is 3.19. The quantitative estimate of drug-likeness (QED) is 0.704. The molecule has 1 aliphatic heterocycles. The van der Waals surface area contributed by atoms with E-state index in [0.717, 1.165) is 37.9 Å². The summed E-state index contributed by atoms with van der Waals surface area (Å²) in [6.07, 6.45) is 4.46. The third kappa shape index (κ3) is 2.82. The van der Waals surface area contributed by atoms with Crippen molar-refractivity contribution in [1.82, 2.24) is 0 Å². The lowest BCUT2D eigenvalue weighted by Crippen LogP contribution is -2.44. The summed E-state index contributed by atoms with van der Waals surface area (Å²) in [4.78, 5) is 0. The van der Waals surface area contributed by atoms with E-state index >= 15 is 0 Å². The number of rotatable bonds is 4. The standard InChI is InChI=1S/C12H22O2/c1-4-10(2)9-11(13)12(3)7-5-6-8-14-12/h11,13H,2,4-9H2,1,3H3. The maximum atomic E-state index is 10.0. The van der Waals surface area contributed by atoms with Crippen LogP contribution in [0.25, 0.3) is 0 Å². The SMILES string of the molecule is C=C(CC)CC(O)C1(C)CCCCO1. The van der Waals surface area contributed by atoms with Crippen molar-refractivity contribution in [2.45, 2.75) is 57.7 Å². The lowest BCUT2D eigenvalue weighted by atomic mass is 9.86. The van der Waals surface area contributed by atoms with E-state index in [0.29, 0.717) is 6.42 Å². The molecule has 0 spiro atoms. The molecule has 1 aliphatic rings. The largest absolute Gasteiger partial charge is 0.390 e. The van der Waals surface area contributed by atoms with Gasteiger partial charge in [0.05, 0.1) is 11.7 Å². The van der Waals surface area contributed by atoms with Gasteiger partial charge >= 0.3 is 0 Å². The monoisotopic (exact) mass is 198 g/mol. The van der Waals surface area contributed by atoms with E-state index in [9.17, 15) is 5.11 Å². The molecule has 0 aliphatic carbocycles. The molecule has 0 amide bonds. The summed E-state index contributed by atoms with van der Waals surface area (Å²) in [5, 5.41) is 10.0. The Balaban J connectivity index is 2.48. The third-order valence-corrected chi connectivity index (χ3v) is 3.19. The van der Waals surface area contributed by atoms with E-state index < -0.39 is 6.10 Å². The highest BCUT2D eigenvalue weighted by Crippen LogP contribution is 2.30. The van der Waals surface area contributed by atoms with Gasteiger partial charge in [-0.2, -0.15) is 0 Å². The molecule has 1 saturated heterocycles. The number of aliphatic hydroxyl groups is 1. The molecule has 0 saturated carbocycles. The van der Waals surface area contributed by atoms with Crippen LogP contribution in [-0.4, -0.2) is 23.4 Å². The summed E-state index contributed by atoms with van der Waals surface area (Å²) in [5.41, 5.74) is 0.768. The summed E-state index contributed by atoms with van der Waals surface area (Å²) >= 11 is 0. The van der Waals surface area contributed by atoms with Crippen LogP contribution in [0.4, 0.5) is 0 Å². The van der Waals surface area contributed by atoms with Crippen LogP contribution in [0.3, 0.4) is 0 Å². The number of hydrogen-bond acceptors (Lipinski definition) is 2. The molecule has 1 N–H and O–H groups in total. The van der Waals surface area contributed by atoms with Crippen molar-refractivity contribution in [3.8, 4) is 0 Å². The maximum Gasteiger partial charge on any atom is 0.0915 e. The lowest BCUT2D eigenvalue weighted by molar-refractivity contribution is -0.135. The van der Waals surface area contributed by atoms with Crippen LogP contribution in [-0.2, 0) is 4.74 Å². The Kier molecular flexibility index (Phi) is 4.14. The number of aliphatic hydroxyl groups excluding tert-OH is 1. The minimum Gasteiger partial charge on any atom is -0.390 e. The Bertz CT molecular complexity index is 192. The summed E-state index contributed by atoms with van der Waals surface area (Å²) in [7, 11) is 0. The average Bonchev–Trinajstić information content (AvgIpc) is 2.18. The van der Waals surface area contributed by atoms with Gasteiger partial charge in [-0.15, -0.1) is 0 Å². The summed E-state index contributed by atoms with van der Waals surface area (Å²) in [6.45, 7) is 8.79. The van der Waals surface area contributed by atoms with Crippen molar-refractivity contribution in [3.05, 3.63) is 12.2 Å². The number of hydrogen-bond donors (Lipinski definition) is 1. The Morgan fingerprint density at radius 2 is 2.29 bits per heavy atom. The second-order valence-electron chi connectivity index (χ2n) is 4.44. The minimum atomic E-state index is -0.393. The van der Waals surface area contributed by atoms with Gasteiger partial charge in [0.15, 0.2) is 0 Å². The average molecular weight is 198 g/mol. The van der Waals surface area contributed by atoms with Gasteiger partial charge in [-0.25, -0.2) is 0 Å². The van der Waals surface area contributed by atoms with Gasteiger partial charge in [0.1, 0.15) is 0 Å². The highest BCUT2D eigenvalue weighted by Gasteiger charge is 2.35. The first kappa shape index (κ1) is 11.7. The van der Waals surface area contributed by atoms with Gasteiger partial charge in [0, 0.05) is 6.61 Å². The van der Waals surface area contributed by atoms with Gasteiger partial charge in [0.25, 0.3) is 0 Å². The Labute approximate surface area is 87.0 Å². The Hall–Kier alpha value is -0.340. The molecule has 0 radical (unpaired) electrons. The first-order chi connectivity index (χ1) is 6.58. The van der Waals surface area contributed by atoms with Crippen molar-refractivity contribution in [2.75, 3.05) is 6.61 Å². The van der Waals surface area contributed by atoms with E-state index in [4.69, 9.17) is 4.74 Å². The van der Waals surface area contributed by atoms with Crippen LogP contribution in [0, 0.1) is 0 Å². The normalized spacial score (nSPS) is 29.9. The maximum absolute atomic E-state index is 10.0. The molecule has 1 heterocycles. The molecule has 2 unspecified atom stereocenters. The van der Waals surface area contributed by atoms with E-state index in [-0.39, 0.29) is 5.60 Å². The smallest absolute Gasteiger partial charge is 0.0915 e. The molecule has 0 aromatic carbocycles. The molecule has 2 nitrogen and oxygen atoms in total. The van der Waals surface area contributed by atoms with Crippen LogP contribution < -0.4 is 0 Å². The topological polar surface area (TPSA) is 29.5 Å². The minimum absolute atomic E-state index is 0.337. The highest BCUT2D eigenvalue weighted by molar-refractivity contribution is 5.00. The second kappa shape index (κ2) is 4.94. The van der Waals surface area contributed by atoms with E-state index in [1.165, 1.54) is 0 Å². The van der Waals surface area contributed by atoms with Crippen molar-refractivity contribution < 1.29 is 9.84 Å². The molecule has 0 aromatic rings. The predicted octanol–water partition coefficient (Wildman–Crippen LogP) is 2.66. The molecule has 2 heteroatoms. The molecule has 82 valence electrons. The Morgan fingerprint density at radius 1 is 1.57 bits per heavy atom. The fraction of sp³-hybridized carbons (Fsp3) is 0.833. The van der Waals surface area contributed by atoms with Gasteiger partial charge in [-0.1, -0.05) is 19.1 Å². The molecule has 14 heavy (non-hydrogen) atoms. The van der Waals surface area contributed by atoms with E-state index in [1.54, 1.807) is 0 Å². The fourth-order valence-corrected chi connectivity index (χ4v) is 1.85. The zero-order chi connectivity index (χ0) is 10.6. The van der Waals surface area contributed by atoms with Gasteiger partial charge < -0.3 is 9.84 Å². The Morgan fingerprint density at radius 3 is 2.79 bits per heavy atom. The van der Waals surface area contributed by atoms with E-state index in [2.05, 4.69) is 13.5 Å². The van der Waals surface area contributed by atoms with Gasteiger partial charge in [-0.05, 0) is 39.0 Å². The second-order valence-corrected chi connectivity index (χ2v) is 4.44. The zero-order valence-electron chi connectivity index (χ0n) is 9.38. The van der Waals surface area contributed by atoms with Gasteiger partial charge in [-0.3, -0.25) is 0 Å². The van der Waals surface area contributed by atoms with Gasteiger partial charge in [0.2, 0.25) is 0 Å². The van der Waals surface area contributed by atoms with Crippen LogP contribution in [0.2, 0.25) is 0 Å². The molecule has 0 aromatic heterocycles. The molecule has 0 bridgehead atoms. The van der Waals surface area contributed by atoms with Crippen molar-refractivity contribution >= 4 is 0 Å². The van der Waals surface area contributed by atoms with Crippen LogP contribution >= 0.6 is 0 Å². The molecular formula is C12H22O2. The molecule has 2 atom stereocenters. The van der Waals surface area contributed by atoms with Crippen molar-refractivity contribution in [3.63, 3.8) is 0 Å². The van der Waals surface area contributed by atoms with Crippen LogP contribution in [0.1, 0.15) is 46.0 Å². The highest BCUT2D eigenvalue weighted by atomic mass is 16.5. The molecular weight excluding hydrogens is 176 g/mol. The first-order valence-electron chi connectivity index (χ1n) is 5.57. The number of ether oxygens (including phenoxy) is 1. The summed E-state index contributed by atoms with van der Waals surface area (Å²) in [6, 6.07) is 0. The van der Waals surface area contributed by atoms with Crippen molar-refractivity contribution in [2.24, 2.45) is 0 Å². The van der Waals surface area contributed by atoms with Crippen LogP contribution in [0.15, 0.2) is 12.2 Å². The van der Waals surface area contributed by atoms with Crippen molar-refractivity contribution in [1.29, 1.82) is 0 Å². The van der Waals surface area contributed by atoms with E-state index in [1.807, 2.05) is 6.92 Å². The zero-order valence-corrected chi connectivity index (χ0v) is 9.38. The molecule has 1 fully saturated rings. The molecule has 1 rings (SSSR count). The first-order valence-corrected chi connectivity index (χ1v) is 5.57. The predicted molar refractivity (Wildman–Crippen MR) is 58.3 cm³/mol. The fourth-order valence-electron chi connectivity index (χ4n) is 1.85. The summed E-state index contributed by atoms with van der Waals surface area (Å²) in [5.74, 6) is 0.